The number of hydrogen-bond donors (Lipinski definition) is 2. The molecule has 2 unspecified atom stereocenters. The maximum atomic E-state index is 12.9. The molecular formula is C59H98N2O12. The predicted octanol–water partition coefficient (Wildman–Crippen LogP) is 11.9. The van der Waals surface area contributed by atoms with Gasteiger partial charge in [-0.25, -0.2) is 19.2 Å². The van der Waals surface area contributed by atoms with E-state index in [2.05, 4.69) is 37.6 Å². The minimum Gasteiger partial charge on any atom is -0.460 e. The third-order valence-corrected chi connectivity index (χ3v) is 18.0. The molecule has 6 fully saturated rings. The van der Waals surface area contributed by atoms with E-state index in [-0.39, 0.29) is 69.3 Å². The molecule has 6 aliphatic rings. The van der Waals surface area contributed by atoms with Gasteiger partial charge in [-0.3, -0.25) is 0 Å². The molecule has 6 saturated carbocycles. The van der Waals surface area contributed by atoms with Gasteiger partial charge in [0.15, 0.2) is 12.2 Å². The summed E-state index contributed by atoms with van der Waals surface area (Å²) in [6.45, 7) is 16.8. The minimum absolute atomic E-state index is 0.0341. The fraction of sp³-hybridized carbons (Fsp3) is 0.864. The molecule has 0 aromatic rings. The molecule has 14 heteroatoms. The Morgan fingerprint density at radius 1 is 0.438 bits per heavy atom. The van der Waals surface area contributed by atoms with Gasteiger partial charge in [-0.2, -0.15) is 0 Å². The molecule has 6 aliphatic carbocycles. The van der Waals surface area contributed by atoms with Gasteiger partial charge in [-0.1, -0.05) is 91.2 Å². The number of amides is 2. The van der Waals surface area contributed by atoms with Crippen LogP contribution in [0.2, 0.25) is 0 Å². The molecule has 0 heterocycles. The van der Waals surface area contributed by atoms with Gasteiger partial charge in [0.1, 0.15) is 13.2 Å². The Kier molecular flexibility index (Phi) is 25.2. The summed E-state index contributed by atoms with van der Waals surface area (Å²) in [4.78, 5) is 49.4. The SMILES string of the molecule is C=C(C)C(=O)OCCNC(=O)OC(COC1CCC(C2CCCCC2)CC1)COC1CCC(C(C)(C)C2CCC(OCC(COC3CCC(C4CCCCC4)CC3)OC(=O)NCCOC(=O)C(=C)C)CC2)CC1. The van der Waals surface area contributed by atoms with E-state index < -0.39 is 36.3 Å². The van der Waals surface area contributed by atoms with Gasteiger partial charge in [0.2, 0.25) is 0 Å². The Balaban J connectivity index is 0.916. The lowest BCUT2D eigenvalue weighted by Gasteiger charge is -2.46. The second-order valence-corrected chi connectivity index (χ2v) is 23.7. The third-order valence-electron chi connectivity index (χ3n) is 18.0. The highest BCUT2D eigenvalue weighted by Crippen LogP contribution is 2.49. The highest BCUT2D eigenvalue weighted by molar-refractivity contribution is 5.87. The second kappa shape index (κ2) is 31.1. The fourth-order valence-electron chi connectivity index (χ4n) is 13.4. The van der Waals surface area contributed by atoms with Crippen LogP contribution >= 0.6 is 0 Å². The quantitative estimate of drug-likeness (QED) is 0.0365. The summed E-state index contributed by atoms with van der Waals surface area (Å²) in [5.74, 6) is 3.55. The zero-order valence-corrected chi connectivity index (χ0v) is 45.8. The molecule has 0 aromatic heterocycles. The van der Waals surface area contributed by atoms with Crippen molar-refractivity contribution in [3.05, 3.63) is 24.3 Å². The van der Waals surface area contributed by atoms with Gasteiger partial charge in [0.25, 0.3) is 0 Å². The van der Waals surface area contributed by atoms with E-state index in [1.807, 2.05) is 0 Å². The van der Waals surface area contributed by atoms with E-state index in [0.29, 0.717) is 36.2 Å². The van der Waals surface area contributed by atoms with Crippen molar-refractivity contribution in [1.82, 2.24) is 10.6 Å². The Hall–Kier alpha value is -3.20. The highest BCUT2D eigenvalue weighted by atomic mass is 16.6. The zero-order valence-electron chi connectivity index (χ0n) is 45.8. The smallest absolute Gasteiger partial charge is 0.407 e. The van der Waals surface area contributed by atoms with Gasteiger partial charge in [0.05, 0.1) is 63.9 Å². The van der Waals surface area contributed by atoms with Crippen molar-refractivity contribution in [2.75, 3.05) is 52.7 Å². The standard InChI is InChI=1S/C59H98N2O12/c1-41(2)55(62)66-35-33-60-57(64)72-53(37-68-49-25-17-45(18-26-49)43-13-9-7-10-14-43)39-70-51-29-21-47(22-30-51)59(5,6)48-23-31-52(32-24-48)71-40-54(73-58(65)61-34-36-67-56(63)42(3)4)38-69-50-27-19-46(20-28-50)44-15-11-8-12-16-44/h43-54H,1,3,7-40H2,2,4-6H3,(H,60,64)(H,61,65). The predicted molar refractivity (Wildman–Crippen MR) is 282 cm³/mol. The summed E-state index contributed by atoms with van der Waals surface area (Å²) in [6, 6.07) is 0. The maximum Gasteiger partial charge on any atom is 0.407 e. The number of hydrogen-bond acceptors (Lipinski definition) is 12. The topological polar surface area (TPSA) is 166 Å². The number of esters is 2. The molecule has 0 spiro atoms. The largest absolute Gasteiger partial charge is 0.460 e. The number of nitrogens with one attached hydrogen (secondary N) is 2. The van der Waals surface area contributed by atoms with Crippen molar-refractivity contribution >= 4 is 24.1 Å². The average molecular weight is 1030 g/mol. The molecule has 2 atom stereocenters. The van der Waals surface area contributed by atoms with E-state index >= 15 is 0 Å². The third kappa shape index (κ3) is 20.4. The second-order valence-electron chi connectivity index (χ2n) is 23.7. The lowest BCUT2D eigenvalue weighted by Crippen LogP contribution is -2.41. The lowest BCUT2D eigenvalue weighted by atomic mass is 9.60. The summed E-state index contributed by atoms with van der Waals surface area (Å²) in [5, 5.41) is 5.43. The van der Waals surface area contributed by atoms with E-state index in [1.54, 1.807) is 13.8 Å². The van der Waals surface area contributed by atoms with E-state index in [1.165, 1.54) is 89.9 Å². The van der Waals surface area contributed by atoms with Crippen LogP contribution in [-0.2, 0) is 47.5 Å². The van der Waals surface area contributed by atoms with Crippen LogP contribution in [0.5, 0.6) is 0 Å². The van der Waals surface area contributed by atoms with Crippen molar-refractivity contribution in [1.29, 1.82) is 0 Å². The first-order valence-electron chi connectivity index (χ1n) is 29.2. The maximum absolute atomic E-state index is 12.9. The summed E-state index contributed by atoms with van der Waals surface area (Å²) in [7, 11) is 0. The molecule has 14 nitrogen and oxygen atoms in total. The van der Waals surface area contributed by atoms with Crippen LogP contribution in [0.25, 0.3) is 0 Å². The summed E-state index contributed by atoms with van der Waals surface area (Å²) < 4.78 is 48.0. The molecule has 416 valence electrons. The van der Waals surface area contributed by atoms with Crippen LogP contribution in [-0.4, -0.2) is 113 Å². The number of carbonyl (C=O) groups is 4. The number of alkyl carbamates (subject to hydrolysis) is 2. The molecule has 0 saturated heterocycles. The molecular weight excluding hydrogens is 929 g/mol. The molecule has 0 radical (unpaired) electrons. The van der Waals surface area contributed by atoms with Crippen LogP contribution in [0.1, 0.15) is 195 Å². The number of ether oxygens (including phenoxy) is 8. The summed E-state index contributed by atoms with van der Waals surface area (Å²) in [5.41, 5.74) is 0.783. The van der Waals surface area contributed by atoms with Crippen LogP contribution in [0, 0.1) is 40.9 Å². The highest BCUT2D eigenvalue weighted by Gasteiger charge is 2.41. The van der Waals surface area contributed by atoms with E-state index in [9.17, 15) is 19.2 Å². The van der Waals surface area contributed by atoms with Crippen molar-refractivity contribution in [2.45, 2.75) is 231 Å². The van der Waals surface area contributed by atoms with Crippen LogP contribution in [0.15, 0.2) is 24.3 Å². The molecule has 0 aromatic carbocycles. The van der Waals surface area contributed by atoms with Crippen molar-refractivity contribution in [2.24, 2.45) is 40.9 Å². The molecule has 2 amide bonds. The first kappa shape index (κ1) is 59.1. The summed E-state index contributed by atoms with van der Waals surface area (Å²) >= 11 is 0. The molecule has 73 heavy (non-hydrogen) atoms. The Labute approximate surface area is 439 Å². The van der Waals surface area contributed by atoms with E-state index in [0.717, 1.165) is 101 Å². The zero-order chi connectivity index (χ0) is 52.0. The lowest BCUT2D eigenvalue weighted by molar-refractivity contribution is -0.139. The average Bonchev–Trinajstić information content (AvgIpc) is 3.41. The summed E-state index contributed by atoms with van der Waals surface area (Å²) in [6.07, 6.45) is 29.3. The van der Waals surface area contributed by atoms with Crippen molar-refractivity contribution in [3.63, 3.8) is 0 Å². The van der Waals surface area contributed by atoms with Crippen LogP contribution in [0.3, 0.4) is 0 Å². The molecule has 0 bridgehead atoms. The van der Waals surface area contributed by atoms with Crippen molar-refractivity contribution < 1.29 is 57.1 Å². The molecule has 0 aliphatic heterocycles. The Morgan fingerprint density at radius 2 is 0.726 bits per heavy atom. The van der Waals surface area contributed by atoms with Crippen molar-refractivity contribution in [3.8, 4) is 0 Å². The minimum atomic E-state index is -0.575. The Bertz CT molecular complexity index is 1560. The van der Waals surface area contributed by atoms with Crippen LogP contribution < -0.4 is 10.6 Å². The van der Waals surface area contributed by atoms with E-state index in [4.69, 9.17) is 37.9 Å². The van der Waals surface area contributed by atoms with Gasteiger partial charge >= 0.3 is 24.1 Å². The molecule has 6 rings (SSSR count). The van der Waals surface area contributed by atoms with Gasteiger partial charge in [0, 0.05) is 11.1 Å². The van der Waals surface area contributed by atoms with Gasteiger partial charge < -0.3 is 48.5 Å². The van der Waals surface area contributed by atoms with Gasteiger partial charge in [-0.15, -0.1) is 0 Å². The number of rotatable bonds is 26. The first-order chi connectivity index (χ1) is 35.2. The first-order valence-corrected chi connectivity index (χ1v) is 29.2. The van der Waals surface area contributed by atoms with Gasteiger partial charge in [-0.05, 0) is 158 Å². The fourth-order valence-corrected chi connectivity index (χ4v) is 13.4. The van der Waals surface area contributed by atoms with Crippen LogP contribution in [0.4, 0.5) is 9.59 Å². The molecule has 2 N–H and O–H groups in total. The Morgan fingerprint density at radius 3 is 1.03 bits per heavy atom. The number of carbonyl (C=O) groups excluding carboxylic acids is 4. The normalized spacial score (nSPS) is 28.4. The monoisotopic (exact) mass is 1030 g/mol.